The number of esters is 2. The summed E-state index contributed by atoms with van der Waals surface area (Å²) < 4.78 is 23.2. The highest BCUT2D eigenvalue weighted by Gasteiger charge is 2.11. The second kappa shape index (κ2) is 13.0. The third-order valence-corrected chi connectivity index (χ3v) is 5.77. The Hall–Kier alpha value is -5.78. The van der Waals surface area contributed by atoms with E-state index in [-0.39, 0.29) is 5.95 Å². The highest BCUT2D eigenvalue weighted by atomic mass is 16.5. The number of ether oxygens (including phenoxy) is 2. The first kappa shape index (κ1) is 27.8. The Morgan fingerprint density at radius 1 is 0.833 bits per heavy atom. The molecule has 0 radical (unpaired) electrons. The van der Waals surface area contributed by atoms with E-state index in [2.05, 4.69) is 25.8 Å². The van der Waals surface area contributed by atoms with Crippen molar-refractivity contribution < 1.29 is 27.9 Å². The quantitative estimate of drug-likeness (QED) is 0.125. The summed E-state index contributed by atoms with van der Waals surface area (Å²) in [7, 11) is 0. The van der Waals surface area contributed by atoms with Crippen molar-refractivity contribution in [1.82, 2.24) is 14.9 Å². The van der Waals surface area contributed by atoms with Crippen LogP contribution < -0.4 is 5.43 Å². The average molecular weight is 567 g/mol. The average Bonchev–Trinajstić information content (AvgIpc) is 3.78. The molecule has 2 aromatic carbocycles. The van der Waals surface area contributed by atoms with Crippen molar-refractivity contribution in [2.24, 2.45) is 10.2 Å². The van der Waals surface area contributed by atoms with Crippen LogP contribution in [0.4, 0.5) is 5.95 Å². The third-order valence-electron chi connectivity index (χ3n) is 5.77. The molecule has 0 spiro atoms. The van der Waals surface area contributed by atoms with Crippen LogP contribution in [-0.4, -0.2) is 52.5 Å². The zero-order valence-electron chi connectivity index (χ0n) is 22.8. The molecule has 0 saturated heterocycles. The smallest absolute Gasteiger partial charge is 0.338 e. The van der Waals surface area contributed by atoms with Crippen LogP contribution in [-0.2, 0) is 9.47 Å². The number of nitrogens with zero attached hydrogens (tertiary/aromatic N) is 5. The second-order valence-corrected chi connectivity index (χ2v) is 8.62. The number of furan rings is 2. The molecule has 0 saturated carbocycles. The predicted octanol–water partition coefficient (Wildman–Crippen LogP) is 5.48. The summed E-state index contributed by atoms with van der Waals surface area (Å²) in [5.74, 6) is 1.56. The number of benzene rings is 2. The molecular weight excluding hydrogens is 540 g/mol. The lowest BCUT2D eigenvalue weighted by atomic mass is 10.1. The molecule has 0 aliphatic carbocycles. The Labute approximate surface area is 240 Å². The van der Waals surface area contributed by atoms with Crippen LogP contribution in [0.25, 0.3) is 22.6 Å². The molecule has 212 valence electrons. The van der Waals surface area contributed by atoms with Gasteiger partial charge in [-0.1, -0.05) is 24.3 Å². The van der Waals surface area contributed by atoms with E-state index in [0.29, 0.717) is 47.4 Å². The Morgan fingerprint density at radius 2 is 1.40 bits per heavy atom. The number of rotatable bonds is 11. The van der Waals surface area contributed by atoms with Gasteiger partial charge in [0.15, 0.2) is 0 Å². The molecule has 0 fully saturated rings. The van der Waals surface area contributed by atoms with E-state index in [4.69, 9.17) is 18.3 Å². The number of carbonyl (C=O) groups excluding carboxylic acids is 2. The van der Waals surface area contributed by atoms with Crippen molar-refractivity contribution in [1.29, 1.82) is 0 Å². The normalized spacial score (nSPS) is 11.3. The van der Waals surface area contributed by atoms with Gasteiger partial charge in [0, 0.05) is 11.1 Å². The summed E-state index contributed by atoms with van der Waals surface area (Å²) in [6, 6.07) is 21.1. The highest BCUT2D eigenvalue weighted by molar-refractivity contribution is 5.91. The van der Waals surface area contributed by atoms with Crippen LogP contribution in [0.1, 0.15) is 46.1 Å². The van der Waals surface area contributed by atoms with Crippen LogP contribution in [0.15, 0.2) is 98.2 Å². The van der Waals surface area contributed by atoms with E-state index >= 15 is 0 Å². The van der Waals surface area contributed by atoms with Crippen LogP contribution in [0, 0.1) is 0 Å². The topological polar surface area (TPSA) is 146 Å². The standard InChI is InChI=1S/C30H26N6O6/c1-3-39-28(37)22-9-5-7-20(15-22)26-13-11-24(41-26)17-31-34-30-35-32-19-36(30)33-18-25-12-14-27(42-25)21-8-6-10-23(16-21)29(38)40-4-2/h5-19H,3-4H2,1-2H3,(H,34,35). The SMILES string of the molecule is CCOC(=O)c1cccc(-c2ccc(C=NNc3nncn3N=Cc3ccc(-c4cccc(C(=O)OCC)c4)o3)o2)c1. The number of carbonyl (C=O) groups is 2. The fourth-order valence-electron chi connectivity index (χ4n) is 3.84. The third kappa shape index (κ3) is 6.67. The molecule has 5 rings (SSSR count). The summed E-state index contributed by atoms with van der Waals surface area (Å²) in [6.07, 6.45) is 4.38. The van der Waals surface area contributed by atoms with Gasteiger partial charge in [-0.25, -0.2) is 15.0 Å². The fourth-order valence-corrected chi connectivity index (χ4v) is 3.84. The summed E-state index contributed by atoms with van der Waals surface area (Å²) >= 11 is 0. The van der Waals surface area contributed by atoms with Crippen LogP contribution in [0.5, 0.6) is 0 Å². The van der Waals surface area contributed by atoms with Crippen molar-refractivity contribution in [3.05, 3.63) is 102 Å². The van der Waals surface area contributed by atoms with Gasteiger partial charge < -0.3 is 18.3 Å². The van der Waals surface area contributed by atoms with Gasteiger partial charge in [-0.3, -0.25) is 0 Å². The van der Waals surface area contributed by atoms with Crippen LogP contribution in [0.2, 0.25) is 0 Å². The highest BCUT2D eigenvalue weighted by Crippen LogP contribution is 2.24. The fraction of sp³-hybridized carbons (Fsp3) is 0.133. The number of nitrogens with one attached hydrogen (secondary N) is 1. The van der Waals surface area contributed by atoms with E-state index in [1.54, 1.807) is 74.5 Å². The molecule has 0 amide bonds. The summed E-state index contributed by atoms with van der Waals surface area (Å²) in [5.41, 5.74) is 5.12. The molecule has 0 aliphatic heterocycles. The largest absolute Gasteiger partial charge is 0.462 e. The van der Waals surface area contributed by atoms with Crippen molar-refractivity contribution >= 4 is 30.3 Å². The van der Waals surface area contributed by atoms with Crippen molar-refractivity contribution in [3.63, 3.8) is 0 Å². The first-order chi connectivity index (χ1) is 20.5. The first-order valence-electron chi connectivity index (χ1n) is 13.0. The van der Waals surface area contributed by atoms with Gasteiger partial charge in [0.2, 0.25) is 0 Å². The molecule has 0 atom stereocenters. The predicted molar refractivity (Wildman–Crippen MR) is 154 cm³/mol. The number of hydrazone groups is 1. The molecule has 12 heteroatoms. The minimum absolute atomic E-state index is 0.255. The molecule has 0 aliphatic rings. The van der Waals surface area contributed by atoms with Crippen LogP contribution in [0.3, 0.4) is 0 Å². The molecule has 3 aromatic heterocycles. The zero-order chi connectivity index (χ0) is 29.3. The summed E-state index contributed by atoms with van der Waals surface area (Å²) in [6.45, 7) is 4.12. The first-order valence-corrected chi connectivity index (χ1v) is 13.0. The number of aromatic nitrogens is 3. The van der Waals surface area contributed by atoms with E-state index in [9.17, 15) is 9.59 Å². The van der Waals surface area contributed by atoms with Gasteiger partial charge in [0.05, 0.1) is 36.8 Å². The maximum absolute atomic E-state index is 12.0. The van der Waals surface area contributed by atoms with E-state index in [1.165, 1.54) is 23.4 Å². The Balaban J connectivity index is 1.22. The maximum Gasteiger partial charge on any atom is 0.338 e. The molecule has 1 N–H and O–H groups in total. The molecule has 42 heavy (non-hydrogen) atoms. The van der Waals surface area contributed by atoms with Gasteiger partial charge in [-0.15, -0.1) is 10.2 Å². The number of hydrogen-bond acceptors (Lipinski definition) is 11. The Bertz CT molecular complexity index is 1750. The minimum atomic E-state index is -0.392. The molecule has 3 heterocycles. The Morgan fingerprint density at radius 3 is 1.98 bits per heavy atom. The molecule has 0 bridgehead atoms. The van der Waals surface area contributed by atoms with Crippen molar-refractivity contribution in [3.8, 4) is 22.6 Å². The zero-order valence-corrected chi connectivity index (χ0v) is 22.8. The summed E-state index contributed by atoms with van der Waals surface area (Å²) in [5, 5.41) is 16.3. The van der Waals surface area contributed by atoms with Gasteiger partial charge in [0.1, 0.15) is 29.4 Å². The number of anilines is 1. The maximum atomic E-state index is 12.0. The van der Waals surface area contributed by atoms with Crippen molar-refractivity contribution in [2.45, 2.75) is 13.8 Å². The second-order valence-electron chi connectivity index (χ2n) is 8.62. The van der Waals surface area contributed by atoms with Gasteiger partial charge in [0.25, 0.3) is 5.95 Å². The molecular formula is C30H26N6O6. The van der Waals surface area contributed by atoms with Gasteiger partial charge in [-0.05, 0) is 62.4 Å². The van der Waals surface area contributed by atoms with Crippen LogP contribution >= 0.6 is 0 Å². The van der Waals surface area contributed by atoms with E-state index in [0.717, 1.165) is 11.1 Å². The lowest BCUT2D eigenvalue weighted by Gasteiger charge is -2.03. The number of hydrogen-bond donors (Lipinski definition) is 1. The van der Waals surface area contributed by atoms with Gasteiger partial charge >= 0.3 is 11.9 Å². The van der Waals surface area contributed by atoms with E-state index in [1.807, 2.05) is 12.1 Å². The van der Waals surface area contributed by atoms with E-state index < -0.39 is 11.9 Å². The molecule has 12 nitrogen and oxygen atoms in total. The molecule has 0 unspecified atom stereocenters. The summed E-state index contributed by atoms with van der Waals surface area (Å²) in [4.78, 5) is 24.1. The van der Waals surface area contributed by atoms with Crippen molar-refractivity contribution in [2.75, 3.05) is 18.6 Å². The lowest BCUT2D eigenvalue weighted by molar-refractivity contribution is 0.0517. The molecule has 5 aromatic rings. The van der Waals surface area contributed by atoms with Gasteiger partial charge in [-0.2, -0.15) is 14.9 Å². The Kier molecular flexibility index (Phi) is 8.63. The minimum Gasteiger partial charge on any atom is -0.462 e. The monoisotopic (exact) mass is 566 g/mol. The lowest BCUT2D eigenvalue weighted by Crippen LogP contribution is -2.04.